The average Bonchev–Trinajstić information content (AvgIpc) is 2.13. The van der Waals surface area contributed by atoms with Gasteiger partial charge in [0, 0.05) is 6.04 Å². The van der Waals surface area contributed by atoms with E-state index in [2.05, 4.69) is 19.9 Å². The van der Waals surface area contributed by atoms with Gasteiger partial charge >= 0.3 is 0 Å². The summed E-state index contributed by atoms with van der Waals surface area (Å²) in [5.74, 6) is 0.0822. The van der Waals surface area contributed by atoms with Gasteiger partial charge in [0.25, 0.3) is 0 Å². The van der Waals surface area contributed by atoms with Gasteiger partial charge in [0.2, 0.25) is 0 Å². The Morgan fingerprint density at radius 1 is 1.38 bits per heavy atom. The van der Waals surface area contributed by atoms with Crippen molar-refractivity contribution in [1.82, 2.24) is 0 Å². The molecule has 0 heterocycles. The molecular formula is C11H22N2. The zero-order chi connectivity index (χ0) is 10.5. The molecule has 0 radical (unpaired) electrons. The molecule has 1 aliphatic rings. The van der Waals surface area contributed by atoms with Crippen molar-refractivity contribution in [2.45, 2.75) is 53.0 Å². The highest BCUT2D eigenvalue weighted by atomic mass is 14.7. The molecule has 0 aliphatic heterocycles. The van der Waals surface area contributed by atoms with E-state index in [-0.39, 0.29) is 12.0 Å². The van der Waals surface area contributed by atoms with Gasteiger partial charge in [0.05, 0.1) is 12.0 Å². The molecule has 0 amide bonds. The largest absolute Gasteiger partial charge is 0.327 e. The molecule has 1 saturated carbocycles. The Morgan fingerprint density at radius 2 is 1.92 bits per heavy atom. The van der Waals surface area contributed by atoms with E-state index < -0.39 is 0 Å². The van der Waals surface area contributed by atoms with E-state index >= 15 is 0 Å². The van der Waals surface area contributed by atoms with Crippen LogP contribution in [0.2, 0.25) is 0 Å². The van der Waals surface area contributed by atoms with Gasteiger partial charge in [-0.25, -0.2) is 0 Å². The lowest BCUT2D eigenvalue weighted by Gasteiger charge is -2.35. The maximum Gasteiger partial charge on any atom is 0.0672 e. The molecule has 1 aliphatic carbocycles. The van der Waals surface area contributed by atoms with Crippen LogP contribution in [-0.2, 0) is 0 Å². The van der Waals surface area contributed by atoms with Crippen molar-refractivity contribution >= 4 is 0 Å². The van der Waals surface area contributed by atoms with E-state index in [0.29, 0.717) is 5.41 Å². The topological polar surface area (TPSA) is 49.8 Å². The van der Waals surface area contributed by atoms with Crippen LogP contribution in [0.25, 0.3) is 0 Å². The van der Waals surface area contributed by atoms with E-state index in [1.165, 1.54) is 0 Å². The van der Waals surface area contributed by atoms with E-state index in [0.717, 1.165) is 19.3 Å². The molecule has 0 saturated heterocycles. The summed E-state index contributed by atoms with van der Waals surface area (Å²) < 4.78 is 0. The van der Waals surface area contributed by atoms with E-state index in [4.69, 9.17) is 11.0 Å². The molecule has 0 spiro atoms. The van der Waals surface area contributed by atoms with Crippen molar-refractivity contribution in [3.8, 4) is 6.07 Å². The van der Waals surface area contributed by atoms with Crippen molar-refractivity contribution in [3.05, 3.63) is 0 Å². The molecule has 1 rings (SSSR count). The standard InChI is InChI=1S/C9H16N2.C2H6/c1-9(2)4-3-8(11)7(5-9)6-10;1-2/h7-8H,3-5,11H2,1-2H3;1-2H3/t7?,8-;/m1./s1. The first-order valence-electron chi connectivity index (χ1n) is 5.20. The van der Waals surface area contributed by atoms with Crippen molar-refractivity contribution in [2.24, 2.45) is 17.1 Å². The van der Waals surface area contributed by atoms with Gasteiger partial charge in [0.15, 0.2) is 0 Å². The third-order valence-corrected chi connectivity index (χ3v) is 2.61. The highest BCUT2D eigenvalue weighted by molar-refractivity contribution is 4.97. The number of hydrogen-bond acceptors (Lipinski definition) is 2. The molecule has 0 aromatic rings. The summed E-state index contributed by atoms with van der Waals surface area (Å²) in [6.07, 6.45) is 3.13. The number of nitriles is 1. The van der Waals surface area contributed by atoms with Crippen LogP contribution < -0.4 is 5.73 Å². The molecular weight excluding hydrogens is 160 g/mol. The number of rotatable bonds is 0. The predicted octanol–water partition coefficient (Wildman–Crippen LogP) is 2.69. The molecule has 1 fully saturated rings. The number of hydrogen-bond donors (Lipinski definition) is 1. The summed E-state index contributed by atoms with van der Waals surface area (Å²) in [5.41, 5.74) is 6.12. The molecule has 2 N–H and O–H groups in total. The van der Waals surface area contributed by atoms with Crippen LogP contribution in [0.3, 0.4) is 0 Å². The zero-order valence-corrected chi connectivity index (χ0v) is 9.30. The van der Waals surface area contributed by atoms with Crippen LogP contribution in [0.15, 0.2) is 0 Å². The van der Waals surface area contributed by atoms with Crippen LogP contribution in [0, 0.1) is 22.7 Å². The lowest BCUT2D eigenvalue weighted by molar-refractivity contribution is 0.188. The molecule has 2 heteroatoms. The molecule has 0 aromatic carbocycles. The van der Waals surface area contributed by atoms with Crippen LogP contribution in [-0.4, -0.2) is 6.04 Å². The molecule has 76 valence electrons. The summed E-state index contributed by atoms with van der Waals surface area (Å²) in [5, 5.41) is 8.76. The number of nitrogens with zero attached hydrogens (tertiary/aromatic N) is 1. The van der Waals surface area contributed by atoms with E-state index in [9.17, 15) is 0 Å². The fourth-order valence-electron chi connectivity index (χ4n) is 1.75. The Morgan fingerprint density at radius 3 is 2.31 bits per heavy atom. The highest BCUT2D eigenvalue weighted by Crippen LogP contribution is 2.37. The smallest absolute Gasteiger partial charge is 0.0672 e. The zero-order valence-electron chi connectivity index (χ0n) is 9.30. The molecule has 2 nitrogen and oxygen atoms in total. The minimum atomic E-state index is 0.0822. The Hall–Kier alpha value is -0.550. The van der Waals surface area contributed by atoms with Crippen molar-refractivity contribution < 1.29 is 0 Å². The maximum atomic E-state index is 8.76. The van der Waals surface area contributed by atoms with Crippen molar-refractivity contribution in [2.75, 3.05) is 0 Å². The van der Waals surface area contributed by atoms with E-state index in [1.807, 2.05) is 13.8 Å². The maximum absolute atomic E-state index is 8.76. The first-order chi connectivity index (χ1) is 6.05. The molecule has 1 unspecified atom stereocenters. The Kier molecular flexibility index (Phi) is 5.02. The molecule has 2 atom stereocenters. The minimum Gasteiger partial charge on any atom is -0.327 e. The third-order valence-electron chi connectivity index (χ3n) is 2.61. The molecule has 0 bridgehead atoms. The summed E-state index contributed by atoms with van der Waals surface area (Å²) in [6, 6.07) is 2.40. The Labute approximate surface area is 82.1 Å². The SMILES string of the molecule is CC.CC1(C)CC[C@@H](N)C(C#N)C1. The fraction of sp³-hybridized carbons (Fsp3) is 0.909. The Bertz CT molecular complexity index is 179. The van der Waals surface area contributed by atoms with Crippen LogP contribution in [0.1, 0.15) is 47.0 Å². The van der Waals surface area contributed by atoms with Gasteiger partial charge in [-0.2, -0.15) is 5.26 Å². The second-order valence-electron chi connectivity index (χ2n) is 4.31. The summed E-state index contributed by atoms with van der Waals surface area (Å²) in [4.78, 5) is 0. The quantitative estimate of drug-likeness (QED) is 0.626. The van der Waals surface area contributed by atoms with Gasteiger partial charge in [-0.1, -0.05) is 27.7 Å². The van der Waals surface area contributed by atoms with Crippen LogP contribution in [0.4, 0.5) is 0 Å². The van der Waals surface area contributed by atoms with Crippen LogP contribution >= 0.6 is 0 Å². The highest BCUT2D eigenvalue weighted by Gasteiger charge is 2.32. The van der Waals surface area contributed by atoms with Crippen molar-refractivity contribution in [3.63, 3.8) is 0 Å². The summed E-state index contributed by atoms with van der Waals surface area (Å²) in [7, 11) is 0. The van der Waals surface area contributed by atoms with Gasteiger partial charge in [-0.05, 0) is 24.7 Å². The Balaban J connectivity index is 0.000000671. The lowest BCUT2D eigenvalue weighted by atomic mass is 9.71. The van der Waals surface area contributed by atoms with Gasteiger partial charge in [-0.15, -0.1) is 0 Å². The minimum absolute atomic E-state index is 0.0822. The third kappa shape index (κ3) is 3.78. The van der Waals surface area contributed by atoms with Gasteiger partial charge < -0.3 is 5.73 Å². The summed E-state index contributed by atoms with van der Waals surface area (Å²) in [6.45, 7) is 8.42. The van der Waals surface area contributed by atoms with Crippen molar-refractivity contribution in [1.29, 1.82) is 5.26 Å². The second kappa shape index (κ2) is 5.24. The molecule has 0 aromatic heterocycles. The fourth-order valence-corrected chi connectivity index (χ4v) is 1.75. The predicted molar refractivity (Wildman–Crippen MR) is 56.1 cm³/mol. The summed E-state index contributed by atoms with van der Waals surface area (Å²) >= 11 is 0. The van der Waals surface area contributed by atoms with Gasteiger partial charge in [-0.3, -0.25) is 0 Å². The average molecular weight is 182 g/mol. The first-order valence-corrected chi connectivity index (χ1v) is 5.20. The second-order valence-corrected chi connectivity index (χ2v) is 4.31. The first kappa shape index (κ1) is 12.4. The number of nitrogens with two attached hydrogens (primary N) is 1. The monoisotopic (exact) mass is 182 g/mol. The van der Waals surface area contributed by atoms with Gasteiger partial charge in [0.1, 0.15) is 0 Å². The van der Waals surface area contributed by atoms with Crippen LogP contribution in [0.5, 0.6) is 0 Å². The normalized spacial score (nSPS) is 31.1. The van der Waals surface area contributed by atoms with E-state index in [1.54, 1.807) is 0 Å². The molecule has 13 heavy (non-hydrogen) atoms. The lowest BCUT2D eigenvalue weighted by Crippen LogP contribution is -2.38.